The van der Waals surface area contributed by atoms with Gasteiger partial charge in [0.15, 0.2) is 0 Å². The second-order valence-electron chi connectivity index (χ2n) is 18.5. The smallest absolute Gasteiger partial charge is 0.0863 e. The number of ether oxygens (including phenoxy) is 1. The normalized spacial score (nSPS) is 31.6. The average molecular weight is 790 g/mol. The molecule has 3 heteroatoms. The summed E-state index contributed by atoms with van der Waals surface area (Å²) in [5, 5.41) is 4.27. The van der Waals surface area contributed by atoms with E-state index in [9.17, 15) is 0 Å². The zero-order valence-corrected chi connectivity index (χ0v) is 35.0. The number of hydrogen-bond acceptors (Lipinski definition) is 3. The van der Waals surface area contributed by atoms with Crippen molar-refractivity contribution in [2.45, 2.75) is 101 Å². The fourth-order valence-corrected chi connectivity index (χ4v) is 13.8. The second-order valence-corrected chi connectivity index (χ2v) is 19.6. The molecule has 0 saturated carbocycles. The van der Waals surface area contributed by atoms with Gasteiger partial charge in [-0.25, -0.2) is 0 Å². The summed E-state index contributed by atoms with van der Waals surface area (Å²) in [7, 11) is 0. The van der Waals surface area contributed by atoms with E-state index in [1.54, 1.807) is 11.1 Å². The highest BCUT2D eigenvalue weighted by Crippen LogP contribution is 2.51. The molecule has 0 spiro atoms. The van der Waals surface area contributed by atoms with Gasteiger partial charge in [-0.1, -0.05) is 133 Å². The van der Waals surface area contributed by atoms with Crippen LogP contribution < -0.4 is 10.4 Å². The van der Waals surface area contributed by atoms with Crippen LogP contribution in [0.15, 0.2) is 162 Å². The van der Waals surface area contributed by atoms with E-state index in [1.807, 2.05) is 11.3 Å². The van der Waals surface area contributed by atoms with Gasteiger partial charge in [-0.3, -0.25) is 0 Å². The Morgan fingerprint density at radius 3 is 2.56 bits per heavy atom. The average Bonchev–Trinajstić information content (AvgIpc) is 3.88. The predicted octanol–water partition coefficient (Wildman–Crippen LogP) is 12.5. The summed E-state index contributed by atoms with van der Waals surface area (Å²) in [6.07, 6.45) is 51.5. The molecule has 0 N–H and O–H groups in total. The summed E-state index contributed by atoms with van der Waals surface area (Å²) in [4.78, 5) is 4.32. The molecule has 1 aliphatic heterocycles. The topological polar surface area (TPSA) is 12.5 Å². The predicted molar refractivity (Wildman–Crippen MR) is 247 cm³/mol. The molecule has 296 valence electrons. The van der Waals surface area contributed by atoms with Gasteiger partial charge in [-0.2, -0.15) is 0 Å². The lowest BCUT2D eigenvalue weighted by molar-refractivity contribution is 0.0430. The number of rotatable bonds is 6. The van der Waals surface area contributed by atoms with Gasteiger partial charge in [0.05, 0.1) is 18.2 Å². The Bertz CT molecular complexity index is 2660. The SMILES string of the molecule is C1=CCCC(C2=CCCC3C2OC2CCC([C@H]4C=CC(N(C5=c6ccccc6=C6C=CCC[C@H]6C5)C5C=CC(C6CC=Cc7c6sc6ccccc76)=CC5)=CC4)=CC23)=C1. The molecule has 6 unspecified atom stereocenters. The summed E-state index contributed by atoms with van der Waals surface area (Å²) < 4.78 is 8.37. The van der Waals surface area contributed by atoms with Crippen LogP contribution in [-0.4, -0.2) is 23.1 Å². The largest absolute Gasteiger partial charge is 0.369 e. The summed E-state index contributed by atoms with van der Waals surface area (Å²) in [5.74, 6) is 2.64. The maximum Gasteiger partial charge on any atom is 0.0863 e. The van der Waals surface area contributed by atoms with Crippen LogP contribution in [0.5, 0.6) is 0 Å². The first-order chi connectivity index (χ1) is 29.2. The van der Waals surface area contributed by atoms with Crippen molar-refractivity contribution in [3.63, 3.8) is 0 Å². The Labute approximate surface area is 354 Å². The van der Waals surface area contributed by atoms with E-state index >= 15 is 0 Å². The molecule has 2 aromatic carbocycles. The van der Waals surface area contributed by atoms with E-state index in [0.29, 0.717) is 35.7 Å². The van der Waals surface area contributed by atoms with Gasteiger partial charge in [0, 0.05) is 43.9 Å². The minimum absolute atomic E-state index is 0.279. The fourth-order valence-electron chi connectivity index (χ4n) is 12.4. The molecule has 8 atom stereocenters. The summed E-state index contributed by atoms with van der Waals surface area (Å²) in [6, 6.07) is 18.5. The number of fused-ring (bicyclic) bond motifs is 8. The number of benzene rings is 2. The molecule has 0 amide bonds. The molecule has 9 aliphatic rings. The van der Waals surface area contributed by atoms with Crippen molar-refractivity contribution >= 4 is 38.8 Å². The minimum Gasteiger partial charge on any atom is -0.369 e. The zero-order chi connectivity index (χ0) is 38.9. The first-order valence-electron chi connectivity index (χ1n) is 22.9. The van der Waals surface area contributed by atoms with Crippen LogP contribution in [-0.2, 0) is 4.74 Å². The quantitative estimate of drug-likeness (QED) is 0.231. The van der Waals surface area contributed by atoms with Crippen LogP contribution in [0.25, 0.3) is 27.4 Å². The molecule has 8 aliphatic carbocycles. The van der Waals surface area contributed by atoms with Gasteiger partial charge in [0.1, 0.15) is 0 Å². The third kappa shape index (κ3) is 6.29. The molecule has 12 rings (SSSR count). The van der Waals surface area contributed by atoms with Gasteiger partial charge < -0.3 is 9.64 Å². The summed E-state index contributed by atoms with van der Waals surface area (Å²) in [6.45, 7) is 0. The molecule has 2 heterocycles. The Hall–Kier alpha value is -4.70. The van der Waals surface area contributed by atoms with Gasteiger partial charge in [0.25, 0.3) is 0 Å². The Morgan fingerprint density at radius 1 is 0.746 bits per heavy atom. The van der Waals surface area contributed by atoms with Gasteiger partial charge in [-0.15, -0.1) is 11.3 Å². The third-order valence-corrected chi connectivity index (χ3v) is 16.6. The minimum atomic E-state index is 0.279. The fraction of sp³-hybridized carbons (Fsp3) is 0.357. The number of hydrogen-bond donors (Lipinski definition) is 0. The van der Waals surface area contributed by atoms with Gasteiger partial charge in [-0.05, 0) is 139 Å². The zero-order valence-electron chi connectivity index (χ0n) is 34.1. The first-order valence-corrected chi connectivity index (χ1v) is 23.7. The molecule has 1 fully saturated rings. The molecule has 1 aromatic heterocycles. The molecular formula is C56H55NOS. The van der Waals surface area contributed by atoms with Gasteiger partial charge in [0.2, 0.25) is 0 Å². The number of nitrogens with zero attached hydrogens (tertiary/aromatic N) is 1. The Morgan fingerprint density at radius 2 is 1.68 bits per heavy atom. The van der Waals surface area contributed by atoms with E-state index in [4.69, 9.17) is 4.74 Å². The number of thiophene rings is 1. The lowest BCUT2D eigenvalue weighted by Gasteiger charge is -2.40. The van der Waals surface area contributed by atoms with Crippen LogP contribution in [0.1, 0.15) is 93.4 Å². The van der Waals surface area contributed by atoms with Crippen LogP contribution in [0.3, 0.4) is 0 Å². The Balaban J connectivity index is 0.851. The van der Waals surface area contributed by atoms with Crippen molar-refractivity contribution in [1.82, 2.24) is 4.90 Å². The van der Waals surface area contributed by atoms with E-state index < -0.39 is 0 Å². The van der Waals surface area contributed by atoms with Crippen molar-refractivity contribution in [1.29, 1.82) is 0 Å². The van der Waals surface area contributed by atoms with E-state index in [1.165, 1.54) is 84.8 Å². The lowest BCUT2D eigenvalue weighted by atomic mass is 9.71. The first kappa shape index (κ1) is 36.2. The number of allylic oxidation sites excluding steroid dienone is 13. The van der Waals surface area contributed by atoms with Gasteiger partial charge >= 0.3 is 0 Å². The molecule has 3 aromatic rings. The molecule has 59 heavy (non-hydrogen) atoms. The van der Waals surface area contributed by atoms with Crippen molar-refractivity contribution in [2.24, 2.45) is 23.7 Å². The monoisotopic (exact) mass is 789 g/mol. The van der Waals surface area contributed by atoms with Crippen molar-refractivity contribution in [2.75, 3.05) is 0 Å². The molecule has 0 radical (unpaired) electrons. The van der Waals surface area contributed by atoms with E-state index in [2.05, 4.69) is 145 Å². The van der Waals surface area contributed by atoms with Crippen molar-refractivity contribution in [3.8, 4) is 0 Å². The maximum absolute atomic E-state index is 6.96. The maximum atomic E-state index is 6.96. The van der Waals surface area contributed by atoms with Crippen molar-refractivity contribution in [3.05, 3.63) is 182 Å². The van der Waals surface area contributed by atoms with Crippen LogP contribution >= 0.6 is 11.3 Å². The second kappa shape index (κ2) is 15.1. The molecule has 0 bridgehead atoms. The van der Waals surface area contributed by atoms with Crippen molar-refractivity contribution < 1.29 is 4.74 Å². The molecular weight excluding hydrogens is 735 g/mol. The standard InChI is InChI=1S/C56H55NOS/c1-2-12-37(13-3-1)44-19-10-21-49-51-34-39(28-33-53(51)58-55(44)49)36-24-29-41(30-25-36)57(52-35-40-14-4-5-15-43(40)46-16-6-7-17-47(46)52)42-31-26-38(27-32-42)45-20-11-22-50-48-18-8-9-23-54(48)59-56(45)50/h1-2,5-9,11-12,15-19,22-24,26-27,29-31,34,36,40,42,45,49,51,53,55H,3-4,10,13-14,20-21,25,28,32-33,35H2/t36-,40-,42?,45?,49?,51?,53?,55?/m0/s1. The highest BCUT2D eigenvalue weighted by molar-refractivity contribution is 7.19. The van der Waals surface area contributed by atoms with Crippen LogP contribution in [0, 0.1) is 23.7 Å². The third-order valence-electron chi connectivity index (χ3n) is 15.3. The van der Waals surface area contributed by atoms with E-state index in [0.717, 1.165) is 51.4 Å². The van der Waals surface area contributed by atoms with Crippen LogP contribution in [0.4, 0.5) is 0 Å². The van der Waals surface area contributed by atoms with Crippen LogP contribution in [0.2, 0.25) is 0 Å². The highest BCUT2D eigenvalue weighted by atomic mass is 32.1. The summed E-state index contributed by atoms with van der Waals surface area (Å²) >= 11 is 2.00. The molecule has 2 nitrogen and oxygen atoms in total. The lowest BCUT2D eigenvalue weighted by Crippen LogP contribution is -2.44. The van der Waals surface area contributed by atoms with E-state index in [-0.39, 0.29) is 12.1 Å². The molecule has 1 saturated heterocycles. The highest BCUT2D eigenvalue weighted by Gasteiger charge is 2.47. The Kier molecular flexibility index (Phi) is 9.25. The summed E-state index contributed by atoms with van der Waals surface area (Å²) in [5.41, 5.74) is 12.0.